The summed E-state index contributed by atoms with van der Waals surface area (Å²) in [5.74, 6) is 0. The van der Waals surface area contributed by atoms with Crippen LogP contribution in [0.15, 0.2) is 41.6 Å². The summed E-state index contributed by atoms with van der Waals surface area (Å²) in [7, 11) is 1.53. The van der Waals surface area contributed by atoms with Gasteiger partial charge >= 0.3 is 0 Å². The van der Waals surface area contributed by atoms with Gasteiger partial charge in [0.2, 0.25) is 0 Å². The van der Waals surface area contributed by atoms with E-state index in [9.17, 15) is 0 Å². The summed E-state index contributed by atoms with van der Waals surface area (Å²) in [4.78, 5) is 4.99. The van der Waals surface area contributed by atoms with Gasteiger partial charge in [0.05, 0.1) is 0 Å². The maximum Gasteiger partial charge on any atom is 0.117 e. The summed E-state index contributed by atoms with van der Waals surface area (Å²) in [6.45, 7) is 3.97. The second kappa shape index (κ2) is 5.97. The van der Waals surface area contributed by atoms with Crippen molar-refractivity contribution < 1.29 is 4.84 Å². The lowest BCUT2D eigenvalue weighted by molar-refractivity contribution is 0.214. The van der Waals surface area contributed by atoms with Crippen molar-refractivity contribution in [3.8, 4) is 0 Å². The molecule has 3 nitrogen and oxygen atoms in total. The minimum absolute atomic E-state index is 0.663. The van der Waals surface area contributed by atoms with Crippen molar-refractivity contribution in [2.45, 2.75) is 13.8 Å². The Morgan fingerprint density at radius 1 is 1.15 bits per heavy atom. The van der Waals surface area contributed by atoms with Crippen molar-refractivity contribution in [1.29, 1.82) is 0 Å². The average Bonchev–Trinajstić information content (AvgIpc) is 2.40. The van der Waals surface area contributed by atoms with Crippen molar-refractivity contribution in [3.63, 3.8) is 0 Å². The Bertz CT molecular complexity index is 666. The van der Waals surface area contributed by atoms with Crippen LogP contribution in [0.25, 0.3) is 0 Å². The fraction of sp³-hybridized carbons (Fsp3) is 0.188. The lowest BCUT2D eigenvalue weighted by Crippen LogP contribution is -2.08. The Hall–Kier alpha value is -2.00. The number of aryl methyl sites for hydroxylation is 2. The molecule has 0 spiro atoms. The molecule has 2 N–H and O–H groups in total. The van der Waals surface area contributed by atoms with Crippen LogP contribution in [0.1, 0.15) is 22.3 Å². The lowest BCUT2D eigenvalue weighted by atomic mass is 9.96. The highest BCUT2D eigenvalue weighted by Crippen LogP contribution is 2.22. The van der Waals surface area contributed by atoms with Gasteiger partial charge < -0.3 is 10.6 Å². The van der Waals surface area contributed by atoms with E-state index in [1.54, 1.807) is 0 Å². The van der Waals surface area contributed by atoms with E-state index in [0.717, 1.165) is 33.7 Å². The number of nitrogen functional groups attached to an aromatic ring is 1. The molecular formula is C16H17ClN2O. The highest BCUT2D eigenvalue weighted by Gasteiger charge is 2.13. The molecule has 4 heteroatoms. The van der Waals surface area contributed by atoms with E-state index >= 15 is 0 Å². The summed E-state index contributed by atoms with van der Waals surface area (Å²) in [5.41, 5.74) is 11.4. The molecule has 0 heterocycles. The van der Waals surface area contributed by atoms with Gasteiger partial charge in [-0.05, 0) is 49.2 Å². The molecule has 104 valence electrons. The molecule has 0 amide bonds. The number of anilines is 1. The van der Waals surface area contributed by atoms with E-state index in [4.69, 9.17) is 22.2 Å². The van der Waals surface area contributed by atoms with Crippen LogP contribution in [0, 0.1) is 13.8 Å². The first-order chi connectivity index (χ1) is 9.52. The van der Waals surface area contributed by atoms with Crippen LogP contribution in [0.3, 0.4) is 0 Å². The number of rotatable bonds is 3. The third-order valence-corrected chi connectivity index (χ3v) is 3.38. The Labute approximate surface area is 124 Å². The largest absolute Gasteiger partial charge is 0.399 e. The number of benzene rings is 2. The highest BCUT2D eigenvalue weighted by atomic mass is 35.5. The molecule has 0 saturated carbocycles. The van der Waals surface area contributed by atoms with Crippen molar-refractivity contribution in [2.24, 2.45) is 5.16 Å². The van der Waals surface area contributed by atoms with Gasteiger partial charge in [-0.25, -0.2) is 0 Å². The zero-order chi connectivity index (χ0) is 14.7. The summed E-state index contributed by atoms with van der Waals surface area (Å²) in [6.07, 6.45) is 0. The third kappa shape index (κ3) is 2.94. The third-order valence-electron chi connectivity index (χ3n) is 3.15. The van der Waals surface area contributed by atoms with Gasteiger partial charge in [-0.2, -0.15) is 0 Å². The molecule has 0 radical (unpaired) electrons. The predicted octanol–water partition coefficient (Wildman–Crippen LogP) is 3.94. The number of nitrogens with zero attached hydrogens (tertiary/aromatic N) is 1. The van der Waals surface area contributed by atoms with Crippen molar-refractivity contribution >= 4 is 23.0 Å². The average molecular weight is 289 g/mol. The normalized spacial score (nSPS) is 11.5. The predicted molar refractivity (Wildman–Crippen MR) is 84.4 cm³/mol. The van der Waals surface area contributed by atoms with Crippen molar-refractivity contribution in [1.82, 2.24) is 0 Å². The number of hydrogen-bond acceptors (Lipinski definition) is 3. The van der Waals surface area contributed by atoms with Gasteiger partial charge in [0.15, 0.2) is 0 Å². The standard InChI is InChI=1S/C16H17ClN2O/c1-10-8-15(18)11(2)7-14(10)16(19-20-3)12-5-4-6-13(17)9-12/h4-9H,18H2,1-3H3. The van der Waals surface area contributed by atoms with Crippen LogP contribution in [0.5, 0.6) is 0 Å². The molecule has 0 aliphatic rings. The van der Waals surface area contributed by atoms with Gasteiger partial charge in [0.1, 0.15) is 12.8 Å². The molecule has 2 aromatic rings. The van der Waals surface area contributed by atoms with Gasteiger partial charge in [-0.15, -0.1) is 0 Å². The van der Waals surface area contributed by atoms with Gasteiger partial charge in [-0.1, -0.05) is 28.9 Å². The summed E-state index contributed by atoms with van der Waals surface area (Å²) >= 11 is 6.06. The van der Waals surface area contributed by atoms with Crippen LogP contribution in [-0.4, -0.2) is 12.8 Å². The minimum atomic E-state index is 0.663. The van der Waals surface area contributed by atoms with Gasteiger partial charge in [-0.3, -0.25) is 0 Å². The van der Waals surface area contributed by atoms with Gasteiger partial charge in [0.25, 0.3) is 0 Å². The molecule has 20 heavy (non-hydrogen) atoms. The molecule has 0 saturated heterocycles. The molecule has 0 bridgehead atoms. The minimum Gasteiger partial charge on any atom is -0.399 e. The van der Waals surface area contributed by atoms with Gasteiger partial charge in [0, 0.05) is 21.8 Å². The van der Waals surface area contributed by atoms with Crippen LogP contribution in [0.2, 0.25) is 5.02 Å². The molecule has 0 atom stereocenters. The lowest BCUT2D eigenvalue weighted by Gasteiger charge is -2.12. The Morgan fingerprint density at radius 2 is 1.90 bits per heavy atom. The van der Waals surface area contributed by atoms with Crippen LogP contribution in [0.4, 0.5) is 5.69 Å². The van der Waals surface area contributed by atoms with Crippen LogP contribution in [-0.2, 0) is 4.84 Å². The number of halogens is 1. The van der Waals surface area contributed by atoms with Crippen molar-refractivity contribution in [2.75, 3.05) is 12.8 Å². The van der Waals surface area contributed by atoms with E-state index < -0.39 is 0 Å². The van der Waals surface area contributed by atoms with E-state index in [-0.39, 0.29) is 0 Å². The molecular weight excluding hydrogens is 272 g/mol. The quantitative estimate of drug-likeness (QED) is 0.528. The maximum absolute atomic E-state index is 6.06. The van der Waals surface area contributed by atoms with E-state index in [1.165, 1.54) is 7.11 Å². The molecule has 0 fully saturated rings. The van der Waals surface area contributed by atoms with E-state index in [2.05, 4.69) is 5.16 Å². The SMILES string of the molecule is CON=C(c1cccc(Cl)c1)c1cc(C)c(N)cc1C. The molecule has 2 aromatic carbocycles. The number of oxime groups is 1. The topological polar surface area (TPSA) is 47.6 Å². The molecule has 0 aliphatic heterocycles. The fourth-order valence-corrected chi connectivity index (χ4v) is 2.27. The first kappa shape index (κ1) is 14.4. The molecule has 0 aromatic heterocycles. The fourth-order valence-electron chi connectivity index (χ4n) is 2.08. The first-order valence-electron chi connectivity index (χ1n) is 6.27. The number of hydrogen-bond donors (Lipinski definition) is 1. The zero-order valence-electron chi connectivity index (χ0n) is 11.8. The summed E-state index contributed by atoms with van der Waals surface area (Å²) in [5, 5.41) is 4.82. The molecule has 0 unspecified atom stereocenters. The van der Waals surface area contributed by atoms with Crippen LogP contribution >= 0.6 is 11.6 Å². The van der Waals surface area contributed by atoms with Crippen LogP contribution < -0.4 is 5.73 Å². The summed E-state index contributed by atoms with van der Waals surface area (Å²) < 4.78 is 0. The number of nitrogens with two attached hydrogens (primary N) is 1. The van der Waals surface area contributed by atoms with E-state index in [0.29, 0.717) is 5.02 Å². The zero-order valence-corrected chi connectivity index (χ0v) is 12.5. The molecule has 2 rings (SSSR count). The smallest absolute Gasteiger partial charge is 0.117 e. The Morgan fingerprint density at radius 3 is 2.55 bits per heavy atom. The monoisotopic (exact) mass is 288 g/mol. The molecule has 0 aliphatic carbocycles. The van der Waals surface area contributed by atoms with E-state index in [1.807, 2.05) is 50.2 Å². The Balaban J connectivity index is 2.61. The Kier molecular flexibility index (Phi) is 4.30. The first-order valence-corrected chi connectivity index (χ1v) is 6.65. The highest BCUT2D eigenvalue weighted by molar-refractivity contribution is 6.31. The maximum atomic E-state index is 6.06. The van der Waals surface area contributed by atoms with Crippen molar-refractivity contribution in [3.05, 3.63) is 63.7 Å². The second-order valence-electron chi connectivity index (χ2n) is 4.66. The second-order valence-corrected chi connectivity index (χ2v) is 5.09. The summed E-state index contributed by atoms with van der Waals surface area (Å²) in [6, 6.07) is 11.5.